The van der Waals surface area contributed by atoms with Crippen molar-refractivity contribution >= 4 is 5.69 Å². The summed E-state index contributed by atoms with van der Waals surface area (Å²) in [5, 5.41) is 23.0. The maximum Gasteiger partial charge on any atom is 0.272 e. The number of hydrogen-bond acceptors (Lipinski definition) is 6. The van der Waals surface area contributed by atoms with Gasteiger partial charge in [-0.15, -0.1) is 0 Å². The summed E-state index contributed by atoms with van der Waals surface area (Å²) in [6.45, 7) is 1.32. The van der Waals surface area contributed by atoms with Gasteiger partial charge < -0.3 is 9.63 Å². The third kappa shape index (κ3) is 2.13. The Balaban J connectivity index is 2.40. The number of nitro groups is 1. The molecule has 0 radical (unpaired) electrons. The molecule has 1 aromatic heterocycles. The largest absolute Gasteiger partial charge is 0.388 e. The zero-order valence-electron chi connectivity index (χ0n) is 8.95. The van der Waals surface area contributed by atoms with E-state index >= 15 is 0 Å². The van der Waals surface area contributed by atoms with Gasteiger partial charge in [-0.1, -0.05) is 5.16 Å². The van der Waals surface area contributed by atoms with Crippen molar-refractivity contribution < 1.29 is 14.6 Å². The fourth-order valence-corrected chi connectivity index (χ4v) is 1.43. The van der Waals surface area contributed by atoms with Gasteiger partial charge in [-0.05, 0) is 19.1 Å². The van der Waals surface area contributed by atoms with Crippen LogP contribution in [0.15, 0.2) is 22.7 Å². The summed E-state index contributed by atoms with van der Waals surface area (Å²) in [7, 11) is 0. The fraction of sp³-hybridized carbons (Fsp3) is 0.200. The average Bonchev–Trinajstić information content (AvgIpc) is 2.76. The molecule has 7 nitrogen and oxygen atoms in total. The molecule has 0 atom stereocenters. The van der Waals surface area contributed by atoms with E-state index in [1.807, 2.05) is 0 Å². The molecule has 0 amide bonds. The predicted molar refractivity (Wildman–Crippen MR) is 57.0 cm³/mol. The van der Waals surface area contributed by atoms with Gasteiger partial charge in [0.1, 0.15) is 6.61 Å². The first-order valence-electron chi connectivity index (χ1n) is 4.80. The number of aromatic nitrogens is 2. The predicted octanol–water partition coefficient (Wildman–Crippen LogP) is 1.45. The van der Waals surface area contributed by atoms with Crippen molar-refractivity contribution in [2.75, 3.05) is 0 Å². The van der Waals surface area contributed by atoms with Gasteiger partial charge in [0, 0.05) is 17.2 Å². The average molecular weight is 235 g/mol. The molecule has 0 fully saturated rings. The minimum atomic E-state index is -0.452. The van der Waals surface area contributed by atoms with Crippen molar-refractivity contribution in [1.29, 1.82) is 0 Å². The molecule has 0 aliphatic carbocycles. The SMILES string of the molecule is Cc1cc(-c2nc(CO)no2)ccc1[N+](=O)[O-]. The van der Waals surface area contributed by atoms with Crippen LogP contribution in [-0.4, -0.2) is 20.2 Å². The fourth-order valence-electron chi connectivity index (χ4n) is 1.43. The Kier molecular flexibility index (Phi) is 2.84. The Hall–Kier alpha value is -2.28. The lowest BCUT2D eigenvalue weighted by Crippen LogP contribution is -1.92. The van der Waals surface area contributed by atoms with E-state index in [2.05, 4.69) is 10.1 Å². The van der Waals surface area contributed by atoms with E-state index < -0.39 is 4.92 Å². The van der Waals surface area contributed by atoms with Gasteiger partial charge >= 0.3 is 0 Å². The molecular weight excluding hydrogens is 226 g/mol. The quantitative estimate of drug-likeness (QED) is 0.637. The van der Waals surface area contributed by atoms with Crippen LogP contribution in [0.1, 0.15) is 11.4 Å². The van der Waals surface area contributed by atoms with E-state index in [1.165, 1.54) is 12.1 Å². The molecule has 1 aromatic carbocycles. The van der Waals surface area contributed by atoms with Crippen LogP contribution in [0.3, 0.4) is 0 Å². The van der Waals surface area contributed by atoms with Crippen molar-refractivity contribution in [3.63, 3.8) is 0 Å². The third-order valence-corrected chi connectivity index (χ3v) is 2.25. The molecule has 1 N–H and O–H groups in total. The molecule has 0 bridgehead atoms. The molecule has 88 valence electrons. The van der Waals surface area contributed by atoms with Gasteiger partial charge in [-0.3, -0.25) is 10.1 Å². The number of aliphatic hydroxyl groups is 1. The number of aliphatic hydroxyl groups excluding tert-OH is 1. The summed E-state index contributed by atoms with van der Waals surface area (Å²) < 4.78 is 4.91. The summed E-state index contributed by atoms with van der Waals surface area (Å²) in [6, 6.07) is 4.50. The lowest BCUT2D eigenvalue weighted by Gasteiger charge is -1.98. The summed E-state index contributed by atoms with van der Waals surface area (Å²) in [4.78, 5) is 14.1. The van der Waals surface area contributed by atoms with E-state index in [0.717, 1.165) is 0 Å². The van der Waals surface area contributed by atoms with Crippen LogP contribution >= 0.6 is 0 Å². The Morgan fingerprint density at radius 1 is 1.53 bits per heavy atom. The summed E-state index contributed by atoms with van der Waals surface area (Å²) in [5.74, 6) is 0.406. The highest BCUT2D eigenvalue weighted by atomic mass is 16.6. The van der Waals surface area contributed by atoms with Crippen LogP contribution in [0.2, 0.25) is 0 Å². The molecule has 0 saturated heterocycles. The van der Waals surface area contributed by atoms with Gasteiger partial charge in [-0.25, -0.2) is 0 Å². The van der Waals surface area contributed by atoms with E-state index in [-0.39, 0.29) is 24.0 Å². The van der Waals surface area contributed by atoms with Gasteiger partial charge in [0.2, 0.25) is 0 Å². The Morgan fingerprint density at radius 3 is 2.82 bits per heavy atom. The zero-order valence-corrected chi connectivity index (χ0v) is 8.95. The maximum absolute atomic E-state index is 10.6. The second-order valence-corrected chi connectivity index (χ2v) is 3.43. The number of hydrogen-bond donors (Lipinski definition) is 1. The first-order valence-corrected chi connectivity index (χ1v) is 4.80. The normalized spacial score (nSPS) is 10.5. The van der Waals surface area contributed by atoms with Crippen LogP contribution < -0.4 is 0 Å². The molecule has 0 unspecified atom stereocenters. The number of nitrogens with zero attached hydrogens (tertiary/aromatic N) is 3. The number of rotatable bonds is 3. The van der Waals surface area contributed by atoms with Crippen molar-refractivity contribution in [2.45, 2.75) is 13.5 Å². The molecule has 17 heavy (non-hydrogen) atoms. The smallest absolute Gasteiger partial charge is 0.272 e. The van der Waals surface area contributed by atoms with Gasteiger partial charge in [0.05, 0.1) is 4.92 Å². The minimum Gasteiger partial charge on any atom is -0.388 e. The van der Waals surface area contributed by atoms with Crippen LogP contribution in [0.5, 0.6) is 0 Å². The molecule has 2 aromatic rings. The second-order valence-electron chi connectivity index (χ2n) is 3.43. The van der Waals surface area contributed by atoms with Crippen molar-refractivity contribution in [1.82, 2.24) is 10.1 Å². The zero-order chi connectivity index (χ0) is 12.4. The molecule has 0 aliphatic heterocycles. The van der Waals surface area contributed by atoms with Crippen LogP contribution in [-0.2, 0) is 6.61 Å². The van der Waals surface area contributed by atoms with Gasteiger partial charge in [-0.2, -0.15) is 4.98 Å². The standard InChI is InChI=1S/C10H9N3O4/c1-6-4-7(2-3-8(6)13(15)16)10-11-9(5-14)12-17-10/h2-4,14H,5H2,1H3. The molecule has 7 heteroatoms. The molecular formula is C10H9N3O4. The Morgan fingerprint density at radius 2 is 2.29 bits per heavy atom. The van der Waals surface area contributed by atoms with E-state index in [0.29, 0.717) is 11.1 Å². The molecule has 1 heterocycles. The molecule has 0 saturated carbocycles. The summed E-state index contributed by atoms with van der Waals surface area (Å²) >= 11 is 0. The molecule has 2 rings (SSSR count). The first kappa shape index (κ1) is 11.2. The number of nitro benzene ring substituents is 1. The molecule has 0 aliphatic rings. The summed E-state index contributed by atoms with van der Waals surface area (Å²) in [6.07, 6.45) is 0. The lowest BCUT2D eigenvalue weighted by atomic mass is 10.1. The highest BCUT2D eigenvalue weighted by Gasteiger charge is 2.14. The van der Waals surface area contributed by atoms with Crippen LogP contribution in [0.4, 0.5) is 5.69 Å². The van der Waals surface area contributed by atoms with E-state index in [9.17, 15) is 10.1 Å². The third-order valence-electron chi connectivity index (χ3n) is 2.25. The number of benzene rings is 1. The second kappa shape index (κ2) is 4.30. The molecule has 0 spiro atoms. The highest BCUT2D eigenvalue weighted by molar-refractivity contribution is 5.58. The van der Waals surface area contributed by atoms with E-state index in [4.69, 9.17) is 9.63 Å². The minimum absolute atomic E-state index is 0.0376. The summed E-state index contributed by atoms with van der Waals surface area (Å²) in [5.41, 5.74) is 1.13. The van der Waals surface area contributed by atoms with Gasteiger partial charge in [0.15, 0.2) is 5.82 Å². The maximum atomic E-state index is 10.6. The van der Waals surface area contributed by atoms with Gasteiger partial charge in [0.25, 0.3) is 11.6 Å². The van der Waals surface area contributed by atoms with Crippen LogP contribution in [0.25, 0.3) is 11.5 Å². The van der Waals surface area contributed by atoms with Crippen molar-refractivity contribution in [2.24, 2.45) is 0 Å². The number of aryl methyl sites for hydroxylation is 1. The Labute approximate surface area is 95.9 Å². The topological polar surface area (TPSA) is 102 Å². The van der Waals surface area contributed by atoms with Crippen LogP contribution in [0, 0.1) is 17.0 Å². The lowest BCUT2D eigenvalue weighted by molar-refractivity contribution is -0.385. The van der Waals surface area contributed by atoms with E-state index in [1.54, 1.807) is 13.0 Å². The Bertz CT molecular complexity index is 564. The van der Waals surface area contributed by atoms with Crippen molar-refractivity contribution in [3.05, 3.63) is 39.7 Å². The highest BCUT2D eigenvalue weighted by Crippen LogP contribution is 2.24. The monoisotopic (exact) mass is 235 g/mol. The van der Waals surface area contributed by atoms with Crippen molar-refractivity contribution in [3.8, 4) is 11.5 Å². The first-order chi connectivity index (χ1) is 8.11.